The van der Waals surface area contributed by atoms with Gasteiger partial charge in [-0.2, -0.15) is 5.10 Å². The van der Waals surface area contributed by atoms with E-state index < -0.39 is 6.03 Å². The minimum absolute atomic E-state index is 0.294. The summed E-state index contributed by atoms with van der Waals surface area (Å²) in [7, 11) is 0. The monoisotopic (exact) mass is 226 g/mol. The molecule has 0 aliphatic carbocycles. The molecule has 1 aromatic rings. The van der Waals surface area contributed by atoms with Crippen LogP contribution in [0.3, 0.4) is 0 Å². The van der Waals surface area contributed by atoms with Crippen molar-refractivity contribution >= 4 is 6.03 Å². The topological polar surface area (TPSA) is 97.9 Å². The summed E-state index contributed by atoms with van der Waals surface area (Å²) in [5, 5.41) is 9.76. The lowest BCUT2D eigenvalue weighted by molar-refractivity contribution is 0.249. The maximum atomic E-state index is 10.4. The Morgan fingerprint density at radius 3 is 2.94 bits per heavy atom. The summed E-state index contributed by atoms with van der Waals surface area (Å²) in [4.78, 5) is 14.5. The Morgan fingerprint density at radius 1 is 1.56 bits per heavy atom. The van der Waals surface area contributed by atoms with Gasteiger partial charge in [0.2, 0.25) is 0 Å². The van der Waals surface area contributed by atoms with E-state index in [-0.39, 0.29) is 0 Å². The molecule has 1 aromatic heterocycles. The van der Waals surface area contributed by atoms with E-state index in [2.05, 4.69) is 20.7 Å². The number of primary amides is 1. The first-order valence-electron chi connectivity index (χ1n) is 5.23. The molecule has 0 bridgehead atoms. The Kier molecular flexibility index (Phi) is 4.71. The Hall–Kier alpha value is -1.63. The molecule has 0 spiro atoms. The standard InChI is InChI=1S/C9H18N6O/c1-7(2)15-8(13-6-14-15)5-11-3-4-12-9(10)16/h6-7,11H,3-5H2,1-2H3,(H3,10,12,16). The van der Waals surface area contributed by atoms with E-state index in [1.807, 2.05) is 18.5 Å². The van der Waals surface area contributed by atoms with Crippen LogP contribution in [0.2, 0.25) is 0 Å². The van der Waals surface area contributed by atoms with E-state index in [4.69, 9.17) is 5.73 Å². The predicted octanol–water partition coefficient (Wildman–Crippen LogP) is -0.383. The van der Waals surface area contributed by atoms with Gasteiger partial charge in [-0.05, 0) is 13.8 Å². The second kappa shape index (κ2) is 6.06. The third-order valence-corrected chi connectivity index (χ3v) is 2.02. The summed E-state index contributed by atoms with van der Waals surface area (Å²) in [5.41, 5.74) is 4.93. The lowest BCUT2D eigenvalue weighted by Gasteiger charge is -2.10. The van der Waals surface area contributed by atoms with Crippen molar-refractivity contribution in [1.29, 1.82) is 0 Å². The number of urea groups is 1. The molecule has 1 heterocycles. The molecule has 0 radical (unpaired) electrons. The van der Waals surface area contributed by atoms with Crippen molar-refractivity contribution < 1.29 is 4.79 Å². The lowest BCUT2D eigenvalue weighted by atomic mass is 10.4. The summed E-state index contributed by atoms with van der Waals surface area (Å²) in [6, 6.07) is -0.213. The highest BCUT2D eigenvalue weighted by Crippen LogP contribution is 2.04. The number of amides is 2. The largest absolute Gasteiger partial charge is 0.352 e. The van der Waals surface area contributed by atoms with E-state index >= 15 is 0 Å². The molecule has 0 fully saturated rings. The molecule has 16 heavy (non-hydrogen) atoms. The summed E-state index contributed by atoms with van der Waals surface area (Å²) in [6.45, 7) is 5.87. The molecule has 0 saturated heterocycles. The molecule has 7 nitrogen and oxygen atoms in total. The Bertz CT molecular complexity index is 334. The van der Waals surface area contributed by atoms with Gasteiger partial charge in [-0.1, -0.05) is 0 Å². The third-order valence-electron chi connectivity index (χ3n) is 2.02. The number of hydrogen-bond acceptors (Lipinski definition) is 4. The van der Waals surface area contributed by atoms with Crippen molar-refractivity contribution in [3.05, 3.63) is 12.2 Å². The number of carbonyl (C=O) groups excluding carboxylic acids is 1. The second-order valence-corrected chi connectivity index (χ2v) is 3.68. The Labute approximate surface area is 94.4 Å². The van der Waals surface area contributed by atoms with Crippen LogP contribution in [0.15, 0.2) is 6.33 Å². The zero-order chi connectivity index (χ0) is 12.0. The van der Waals surface area contributed by atoms with Gasteiger partial charge in [0.25, 0.3) is 0 Å². The molecular weight excluding hydrogens is 208 g/mol. The number of aromatic nitrogens is 3. The minimum atomic E-state index is -0.507. The van der Waals surface area contributed by atoms with Gasteiger partial charge in [0.1, 0.15) is 12.2 Å². The van der Waals surface area contributed by atoms with Crippen molar-refractivity contribution in [1.82, 2.24) is 25.4 Å². The molecule has 0 unspecified atom stereocenters. The van der Waals surface area contributed by atoms with E-state index in [1.54, 1.807) is 6.33 Å². The van der Waals surface area contributed by atoms with Crippen LogP contribution in [0.1, 0.15) is 25.7 Å². The normalized spacial score (nSPS) is 10.7. The number of nitrogens with zero attached hydrogens (tertiary/aromatic N) is 3. The first kappa shape index (κ1) is 12.4. The molecule has 90 valence electrons. The summed E-state index contributed by atoms with van der Waals surface area (Å²) >= 11 is 0. The smallest absolute Gasteiger partial charge is 0.312 e. The minimum Gasteiger partial charge on any atom is -0.352 e. The van der Waals surface area contributed by atoms with Gasteiger partial charge >= 0.3 is 6.03 Å². The fourth-order valence-electron chi connectivity index (χ4n) is 1.31. The van der Waals surface area contributed by atoms with Crippen LogP contribution in [0, 0.1) is 0 Å². The van der Waals surface area contributed by atoms with Crippen LogP contribution in [0.25, 0.3) is 0 Å². The van der Waals surface area contributed by atoms with Crippen LogP contribution < -0.4 is 16.4 Å². The van der Waals surface area contributed by atoms with Crippen LogP contribution in [-0.2, 0) is 6.54 Å². The predicted molar refractivity (Wildman–Crippen MR) is 59.7 cm³/mol. The number of rotatable bonds is 6. The fraction of sp³-hybridized carbons (Fsp3) is 0.667. The molecule has 0 aliphatic rings. The van der Waals surface area contributed by atoms with E-state index in [9.17, 15) is 4.79 Å². The average Bonchev–Trinajstić information content (AvgIpc) is 2.65. The highest BCUT2D eigenvalue weighted by Gasteiger charge is 2.06. The van der Waals surface area contributed by atoms with Crippen LogP contribution in [0.4, 0.5) is 4.79 Å². The van der Waals surface area contributed by atoms with Gasteiger partial charge in [-0.3, -0.25) is 0 Å². The van der Waals surface area contributed by atoms with E-state index in [1.165, 1.54) is 0 Å². The van der Waals surface area contributed by atoms with Gasteiger partial charge in [0.15, 0.2) is 0 Å². The molecule has 1 rings (SSSR count). The maximum Gasteiger partial charge on any atom is 0.312 e. The van der Waals surface area contributed by atoms with E-state index in [0.717, 1.165) is 5.82 Å². The highest BCUT2D eigenvalue weighted by molar-refractivity contribution is 5.71. The number of nitrogens with one attached hydrogen (secondary N) is 2. The molecule has 7 heteroatoms. The zero-order valence-electron chi connectivity index (χ0n) is 9.60. The number of carbonyl (C=O) groups is 1. The van der Waals surface area contributed by atoms with Crippen molar-refractivity contribution in [2.24, 2.45) is 5.73 Å². The molecule has 0 atom stereocenters. The summed E-state index contributed by atoms with van der Waals surface area (Å²) in [6.07, 6.45) is 1.54. The van der Waals surface area contributed by atoms with Gasteiger partial charge < -0.3 is 16.4 Å². The van der Waals surface area contributed by atoms with Gasteiger partial charge in [0, 0.05) is 19.1 Å². The van der Waals surface area contributed by atoms with Gasteiger partial charge in [0.05, 0.1) is 6.54 Å². The van der Waals surface area contributed by atoms with E-state index in [0.29, 0.717) is 25.7 Å². The summed E-state index contributed by atoms with van der Waals surface area (Å²) < 4.78 is 1.86. The first-order valence-corrected chi connectivity index (χ1v) is 5.23. The second-order valence-electron chi connectivity index (χ2n) is 3.68. The van der Waals surface area contributed by atoms with Crippen molar-refractivity contribution in [3.8, 4) is 0 Å². The van der Waals surface area contributed by atoms with Crippen LogP contribution in [0.5, 0.6) is 0 Å². The molecule has 0 aliphatic heterocycles. The average molecular weight is 226 g/mol. The van der Waals surface area contributed by atoms with Crippen molar-refractivity contribution in [2.75, 3.05) is 13.1 Å². The highest BCUT2D eigenvalue weighted by atomic mass is 16.2. The van der Waals surface area contributed by atoms with Gasteiger partial charge in [-0.25, -0.2) is 14.5 Å². The fourth-order valence-corrected chi connectivity index (χ4v) is 1.31. The molecule has 2 amide bonds. The number of hydrogen-bond donors (Lipinski definition) is 3. The number of nitrogens with two attached hydrogens (primary N) is 1. The maximum absolute atomic E-state index is 10.4. The third kappa shape index (κ3) is 3.85. The Morgan fingerprint density at radius 2 is 2.31 bits per heavy atom. The Balaban J connectivity index is 2.26. The molecule has 0 saturated carbocycles. The zero-order valence-corrected chi connectivity index (χ0v) is 9.60. The van der Waals surface area contributed by atoms with Crippen LogP contribution in [-0.4, -0.2) is 33.9 Å². The van der Waals surface area contributed by atoms with Crippen molar-refractivity contribution in [3.63, 3.8) is 0 Å². The molecule has 0 aromatic carbocycles. The summed E-state index contributed by atoms with van der Waals surface area (Å²) in [5.74, 6) is 0.883. The quantitative estimate of drug-likeness (QED) is 0.576. The van der Waals surface area contributed by atoms with Crippen LogP contribution >= 0.6 is 0 Å². The van der Waals surface area contributed by atoms with Crippen molar-refractivity contribution in [2.45, 2.75) is 26.4 Å². The SMILES string of the molecule is CC(C)n1ncnc1CNCCNC(N)=O. The molecule has 4 N–H and O–H groups in total. The first-order chi connectivity index (χ1) is 7.61. The molecular formula is C9H18N6O. The lowest BCUT2D eigenvalue weighted by Crippen LogP contribution is -2.35. The van der Waals surface area contributed by atoms with Gasteiger partial charge in [-0.15, -0.1) is 0 Å².